The van der Waals surface area contributed by atoms with Crippen LogP contribution >= 0.6 is 11.8 Å². The summed E-state index contributed by atoms with van der Waals surface area (Å²) in [7, 11) is 0. The number of aliphatic imine (C=N–C) groups is 1. The van der Waals surface area contributed by atoms with Crippen LogP contribution in [-0.4, -0.2) is 83.8 Å². The van der Waals surface area contributed by atoms with Crippen LogP contribution in [0.5, 0.6) is 0 Å². The van der Waals surface area contributed by atoms with E-state index < -0.39 is 5.60 Å². The molecule has 0 spiro atoms. The molecule has 23 heavy (non-hydrogen) atoms. The van der Waals surface area contributed by atoms with Crippen molar-refractivity contribution in [1.29, 1.82) is 0 Å². The first kappa shape index (κ1) is 18.9. The van der Waals surface area contributed by atoms with Gasteiger partial charge in [-0.3, -0.25) is 4.99 Å². The maximum Gasteiger partial charge on any atom is 0.194 e. The van der Waals surface area contributed by atoms with Crippen molar-refractivity contribution < 1.29 is 5.11 Å². The molecule has 134 valence electrons. The van der Waals surface area contributed by atoms with Gasteiger partial charge < -0.3 is 20.2 Å². The Hall–Kier alpha value is -0.460. The summed E-state index contributed by atoms with van der Waals surface area (Å²) in [5.41, 5.74) is -0.592. The molecule has 0 aromatic carbocycles. The van der Waals surface area contributed by atoms with E-state index in [0.29, 0.717) is 6.54 Å². The highest BCUT2D eigenvalue weighted by atomic mass is 32.2. The molecule has 0 saturated carbocycles. The lowest BCUT2D eigenvalue weighted by atomic mass is 10.1. The van der Waals surface area contributed by atoms with E-state index in [9.17, 15) is 5.11 Å². The highest BCUT2D eigenvalue weighted by Crippen LogP contribution is 2.28. The Kier molecular flexibility index (Phi) is 7.50. The van der Waals surface area contributed by atoms with Crippen LogP contribution in [0.4, 0.5) is 0 Å². The van der Waals surface area contributed by atoms with Crippen molar-refractivity contribution in [1.82, 2.24) is 15.1 Å². The second-order valence-corrected chi connectivity index (χ2v) is 7.89. The van der Waals surface area contributed by atoms with Crippen molar-refractivity contribution in [2.45, 2.75) is 39.2 Å². The lowest BCUT2D eigenvalue weighted by Crippen LogP contribution is -2.42. The van der Waals surface area contributed by atoms with Gasteiger partial charge in [0.1, 0.15) is 0 Å². The van der Waals surface area contributed by atoms with E-state index in [4.69, 9.17) is 4.99 Å². The van der Waals surface area contributed by atoms with Crippen LogP contribution in [0.15, 0.2) is 4.99 Å². The average molecular weight is 343 g/mol. The molecular weight excluding hydrogens is 308 g/mol. The molecule has 0 bridgehead atoms. The highest BCUT2D eigenvalue weighted by Gasteiger charge is 2.32. The molecule has 2 atom stereocenters. The monoisotopic (exact) mass is 342 g/mol. The minimum atomic E-state index is -0.592. The summed E-state index contributed by atoms with van der Waals surface area (Å²) >= 11 is 1.83. The molecule has 2 heterocycles. The number of hydrogen-bond donors (Lipinski definition) is 2. The standard InChI is InChI=1S/C17H34N4OS/c1-4-18-16(19-13-17(22)8-10-23-14-17)21-9-7-15(12-21)11-20(5-2)6-3/h15,22H,4-14H2,1-3H3,(H,18,19). The van der Waals surface area contributed by atoms with Crippen LogP contribution in [0.1, 0.15) is 33.6 Å². The number of aliphatic hydroxyl groups is 1. The van der Waals surface area contributed by atoms with Crippen molar-refractivity contribution in [2.75, 3.05) is 57.3 Å². The molecule has 2 aliphatic rings. The Bertz CT molecular complexity index is 381. The molecule has 2 rings (SSSR count). The van der Waals surface area contributed by atoms with E-state index in [0.717, 1.165) is 62.5 Å². The first-order valence-corrected chi connectivity index (χ1v) is 10.3. The van der Waals surface area contributed by atoms with E-state index in [-0.39, 0.29) is 0 Å². The van der Waals surface area contributed by atoms with E-state index >= 15 is 0 Å². The molecule has 0 aromatic rings. The smallest absolute Gasteiger partial charge is 0.194 e. The summed E-state index contributed by atoms with van der Waals surface area (Å²) in [6.45, 7) is 13.6. The van der Waals surface area contributed by atoms with Gasteiger partial charge in [-0.15, -0.1) is 0 Å². The predicted molar refractivity (Wildman–Crippen MR) is 100 cm³/mol. The maximum atomic E-state index is 10.5. The first-order valence-electron chi connectivity index (χ1n) is 9.16. The molecule has 0 radical (unpaired) electrons. The SMILES string of the molecule is CCNC(=NCC1(O)CCSC1)N1CCC(CN(CC)CC)C1. The summed E-state index contributed by atoms with van der Waals surface area (Å²) in [4.78, 5) is 9.65. The lowest BCUT2D eigenvalue weighted by molar-refractivity contribution is 0.0776. The lowest BCUT2D eigenvalue weighted by Gasteiger charge is -2.25. The van der Waals surface area contributed by atoms with Gasteiger partial charge in [-0.2, -0.15) is 11.8 Å². The molecule has 2 saturated heterocycles. The number of rotatable bonds is 7. The van der Waals surface area contributed by atoms with Crippen LogP contribution in [0.2, 0.25) is 0 Å². The van der Waals surface area contributed by atoms with Gasteiger partial charge in [0, 0.05) is 31.9 Å². The summed E-state index contributed by atoms with van der Waals surface area (Å²) in [5.74, 6) is 3.59. The van der Waals surface area contributed by atoms with Crippen molar-refractivity contribution in [3.8, 4) is 0 Å². The van der Waals surface area contributed by atoms with E-state index in [1.807, 2.05) is 11.8 Å². The van der Waals surface area contributed by atoms with Gasteiger partial charge in [0.25, 0.3) is 0 Å². The molecule has 2 unspecified atom stereocenters. The first-order chi connectivity index (χ1) is 11.1. The third-order valence-electron chi connectivity index (χ3n) is 4.94. The third-order valence-corrected chi connectivity index (χ3v) is 6.17. The van der Waals surface area contributed by atoms with Crippen LogP contribution in [0.3, 0.4) is 0 Å². The molecule has 6 heteroatoms. The molecule has 2 aliphatic heterocycles. The third kappa shape index (κ3) is 5.54. The van der Waals surface area contributed by atoms with Crippen molar-refractivity contribution in [2.24, 2.45) is 10.9 Å². The van der Waals surface area contributed by atoms with Gasteiger partial charge in [0.05, 0.1) is 12.1 Å². The number of thioether (sulfide) groups is 1. The molecule has 2 N–H and O–H groups in total. The van der Waals surface area contributed by atoms with Crippen LogP contribution < -0.4 is 5.32 Å². The van der Waals surface area contributed by atoms with Gasteiger partial charge in [-0.1, -0.05) is 13.8 Å². The Morgan fingerprint density at radius 2 is 2.17 bits per heavy atom. The summed E-state index contributed by atoms with van der Waals surface area (Å²) in [6, 6.07) is 0. The fourth-order valence-electron chi connectivity index (χ4n) is 3.39. The summed E-state index contributed by atoms with van der Waals surface area (Å²) in [6.07, 6.45) is 2.10. The Morgan fingerprint density at radius 1 is 1.39 bits per heavy atom. The highest BCUT2D eigenvalue weighted by molar-refractivity contribution is 7.99. The van der Waals surface area contributed by atoms with Gasteiger partial charge in [0.2, 0.25) is 0 Å². The number of nitrogens with zero attached hydrogens (tertiary/aromatic N) is 3. The van der Waals surface area contributed by atoms with Crippen molar-refractivity contribution in [3.63, 3.8) is 0 Å². The zero-order valence-electron chi connectivity index (χ0n) is 15.1. The molecule has 0 aliphatic carbocycles. The van der Waals surface area contributed by atoms with Gasteiger partial charge in [-0.05, 0) is 44.5 Å². The van der Waals surface area contributed by atoms with Crippen LogP contribution in [0.25, 0.3) is 0 Å². The fraction of sp³-hybridized carbons (Fsp3) is 0.941. The second kappa shape index (κ2) is 9.14. The molecule has 5 nitrogen and oxygen atoms in total. The van der Waals surface area contributed by atoms with Crippen molar-refractivity contribution >= 4 is 17.7 Å². The quantitative estimate of drug-likeness (QED) is 0.542. The number of nitrogens with one attached hydrogen (secondary N) is 1. The van der Waals surface area contributed by atoms with Gasteiger partial charge >= 0.3 is 0 Å². The topological polar surface area (TPSA) is 51.1 Å². The number of likely N-dealkylation sites (tertiary alicyclic amines) is 1. The van der Waals surface area contributed by atoms with E-state index in [2.05, 4.69) is 35.9 Å². The fourth-order valence-corrected chi connectivity index (χ4v) is 4.67. The minimum absolute atomic E-state index is 0.527. The average Bonchev–Trinajstić information content (AvgIpc) is 3.19. The number of hydrogen-bond acceptors (Lipinski definition) is 4. The zero-order valence-corrected chi connectivity index (χ0v) is 15.9. The largest absolute Gasteiger partial charge is 0.387 e. The predicted octanol–water partition coefficient (Wildman–Crippen LogP) is 1.48. The molecule has 0 aromatic heterocycles. The Morgan fingerprint density at radius 3 is 2.78 bits per heavy atom. The van der Waals surface area contributed by atoms with Crippen LogP contribution in [-0.2, 0) is 0 Å². The van der Waals surface area contributed by atoms with E-state index in [1.54, 1.807) is 0 Å². The number of guanidine groups is 1. The molecule has 2 fully saturated rings. The molecular formula is C17H34N4OS. The molecule has 0 amide bonds. The zero-order chi connectivity index (χ0) is 16.7. The van der Waals surface area contributed by atoms with Gasteiger partial charge in [-0.25, -0.2) is 0 Å². The second-order valence-electron chi connectivity index (χ2n) is 6.78. The Labute approximate surface area is 145 Å². The maximum absolute atomic E-state index is 10.5. The van der Waals surface area contributed by atoms with Crippen molar-refractivity contribution in [3.05, 3.63) is 0 Å². The minimum Gasteiger partial charge on any atom is -0.387 e. The summed E-state index contributed by atoms with van der Waals surface area (Å²) in [5, 5.41) is 13.9. The van der Waals surface area contributed by atoms with Gasteiger partial charge in [0.15, 0.2) is 5.96 Å². The summed E-state index contributed by atoms with van der Waals surface area (Å²) < 4.78 is 0. The van der Waals surface area contributed by atoms with E-state index in [1.165, 1.54) is 13.0 Å². The Balaban J connectivity index is 1.90. The normalized spacial score (nSPS) is 28.8. The van der Waals surface area contributed by atoms with Crippen LogP contribution in [0, 0.1) is 5.92 Å².